The number of aromatic nitrogens is 2. The first kappa shape index (κ1) is 16.9. The molecule has 1 aliphatic heterocycles. The molecular weight excluding hydrogens is 333 g/mol. The Morgan fingerprint density at radius 2 is 2.04 bits per heavy atom. The molecule has 3 aromatic rings. The minimum Gasteiger partial charge on any atom is -0.371 e. The maximum absolute atomic E-state index is 13.1. The van der Waals surface area contributed by atoms with Gasteiger partial charge in [0, 0.05) is 31.9 Å². The molecule has 3 heterocycles. The van der Waals surface area contributed by atoms with Gasteiger partial charge in [0.15, 0.2) is 0 Å². The highest BCUT2D eigenvalue weighted by atomic mass is 19.1. The number of ether oxygens (including phenoxy) is 1. The van der Waals surface area contributed by atoms with E-state index < -0.39 is 0 Å². The fourth-order valence-electron chi connectivity index (χ4n) is 3.29. The Balaban J connectivity index is 1.53. The zero-order chi connectivity index (χ0) is 18.1. The highest BCUT2D eigenvalue weighted by Gasteiger charge is 2.22. The van der Waals surface area contributed by atoms with Crippen LogP contribution in [0.5, 0.6) is 0 Å². The summed E-state index contributed by atoms with van der Waals surface area (Å²) in [6.45, 7) is 4.57. The molecule has 134 valence electrons. The predicted octanol–water partition coefficient (Wildman–Crippen LogP) is 2.72. The molecule has 0 saturated carbocycles. The minimum absolute atomic E-state index is 0.0722. The molecule has 1 fully saturated rings. The number of nitrogens with zero attached hydrogens (tertiary/aromatic N) is 3. The van der Waals surface area contributed by atoms with Gasteiger partial charge in [-0.25, -0.2) is 9.37 Å². The third-order valence-electron chi connectivity index (χ3n) is 4.64. The molecule has 0 radical (unpaired) electrons. The first-order chi connectivity index (χ1) is 12.6. The Labute approximate surface area is 150 Å². The van der Waals surface area contributed by atoms with Gasteiger partial charge in [0.1, 0.15) is 11.5 Å². The smallest absolute Gasteiger partial charge is 0.258 e. The summed E-state index contributed by atoms with van der Waals surface area (Å²) < 4.78 is 20.5. The van der Waals surface area contributed by atoms with E-state index in [2.05, 4.69) is 9.88 Å². The number of morpholine rings is 1. The van der Waals surface area contributed by atoms with Crippen LogP contribution in [0, 0.1) is 12.7 Å². The Kier molecular flexibility index (Phi) is 4.53. The molecule has 0 N–H and O–H groups in total. The average molecular weight is 353 g/mol. The summed E-state index contributed by atoms with van der Waals surface area (Å²) in [6, 6.07) is 11.8. The van der Waals surface area contributed by atoms with Crippen LogP contribution < -0.4 is 5.56 Å². The van der Waals surface area contributed by atoms with E-state index in [0.717, 1.165) is 23.4 Å². The van der Waals surface area contributed by atoms with Crippen LogP contribution in [0.15, 0.2) is 53.5 Å². The summed E-state index contributed by atoms with van der Waals surface area (Å²) in [5, 5.41) is 0. The van der Waals surface area contributed by atoms with Gasteiger partial charge in [0.25, 0.3) is 5.56 Å². The quantitative estimate of drug-likeness (QED) is 0.726. The molecule has 1 aromatic carbocycles. The largest absolute Gasteiger partial charge is 0.371 e. The monoisotopic (exact) mass is 353 g/mol. The molecule has 0 amide bonds. The molecule has 0 spiro atoms. The third kappa shape index (κ3) is 3.52. The second kappa shape index (κ2) is 6.97. The molecule has 6 heteroatoms. The zero-order valence-corrected chi connectivity index (χ0v) is 14.6. The summed E-state index contributed by atoms with van der Waals surface area (Å²) in [5.41, 5.74) is 3.31. The molecule has 5 nitrogen and oxygen atoms in total. The highest BCUT2D eigenvalue weighted by Crippen LogP contribution is 2.23. The van der Waals surface area contributed by atoms with Gasteiger partial charge in [-0.15, -0.1) is 0 Å². The Bertz CT molecular complexity index is 985. The maximum atomic E-state index is 13.1. The van der Waals surface area contributed by atoms with E-state index in [-0.39, 0.29) is 17.5 Å². The summed E-state index contributed by atoms with van der Waals surface area (Å²) in [7, 11) is 0. The van der Waals surface area contributed by atoms with Gasteiger partial charge >= 0.3 is 0 Å². The lowest BCUT2D eigenvalue weighted by Gasteiger charge is -2.33. The first-order valence-electron chi connectivity index (χ1n) is 8.67. The summed E-state index contributed by atoms with van der Waals surface area (Å²) in [5.74, 6) is -0.252. The SMILES string of the molecule is Cc1ccc2nc(CN3CCOC(c4ccc(F)cc4)C3)cc(=O)n2c1. The van der Waals surface area contributed by atoms with Crippen LogP contribution >= 0.6 is 0 Å². The van der Waals surface area contributed by atoms with E-state index in [0.29, 0.717) is 25.3 Å². The van der Waals surface area contributed by atoms with Crippen molar-refractivity contribution >= 4 is 5.65 Å². The standard InChI is InChI=1S/C20H20FN3O2/c1-14-2-7-19-22-17(10-20(25)24(19)11-14)12-23-8-9-26-18(13-23)15-3-5-16(21)6-4-15/h2-7,10-11,18H,8-9,12-13H2,1H3. The molecule has 26 heavy (non-hydrogen) atoms. The maximum Gasteiger partial charge on any atom is 0.258 e. The van der Waals surface area contributed by atoms with Crippen LogP contribution in [-0.4, -0.2) is 34.0 Å². The van der Waals surface area contributed by atoms with E-state index in [1.54, 1.807) is 28.8 Å². The summed E-state index contributed by atoms with van der Waals surface area (Å²) >= 11 is 0. The number of hydrogen-bond acceptors (Lipinski definition) is 4. The fourth-order valence-corrected chi connectivity index (χ4v) is 3.29. The van der Waals surface area contributed by atoms with Crippen LogP contribution in [0.2, 0.25) is 0 Å². The second-order valence-electron chi connectivity index (χ2n) is 6.67. The van der Waals surface area contributed by atoms with Crippen molar-refractivity contribution in [3.63, 3.8) is 0 Å². The number of aryl methyl sites for hydroxylation is 1. The third-order valence-corrected chi connectivity index (χ3v) is 4.64. The molecule has 1 atom stereocenters. The lowest BCUT2D eigenvalue weighted by Crippen LogP contribution is -2.38. The van der Waals surface area contributed by atoms with Crippen LogP contribution in [-0.2, 0) is 11.3 Å². The van der Waals surface area contributed by atoms with Gasteiger partial charge in [-0.1, -0.05) is 18.2 Å². The Hall–Kier alpha value is -2.57. The average Bonchev–Trinajstić information content (AvgIpc) is 2.63. The van der Waals surface area contributed by atoms with Gasteiger partial charge in [-0.3, -0.25) is 14.1 Å². The first-order valence-corrected chi connectivity index (χ1v) is 8.67. The van der Waals surface area contributed by atoms with Gasteiger partial charge in [0.2, 0.25) is 0 Å². The number of benzene rings is 1. The van der Waals surface area contributed by atoms with Gasteiger partial charge in [0.05, 0.1) is 18.4 Å². The fraction of sp³-hybridized carbons (Fsp3) is 0.300. The van der Waals surface area contributed by atoms with Crippen molar-refractivity contribution in [1.29, 1.82) is 0 Å². The van der Waals surface area contributed by atoms with Crippen LogP contribution in [0.25, 0.3) is 5.65 Å². The molecule has 2 aromatic heterocycles. The molecule has 0 aliphatic carbocycles. The topological polar surface area (TPSA) is 46.8 Å². The van der Waals surface area contributed by atoms with Crippen LogP contribution in [0.3, 0.4) is 0 Å². The lowest BCUT2D eigenvalue weighted by atomic mass is 10.1. The molecular formula is C20H20FN3O2. The zero-order valence-electron chi connectivity index (χ0n) is 14.6. The molecule has 4 rings (SSSR count). The molecule has 1 aliphatic rings. The number of rotatable bonds is 3. The van der Waals surface area contributed by atoms with Gasteiger partial charge in [-0.05, 0) is 36.2 Å². The minimum atomic E-state index is -0.252. The van der Waals surface area contributed by atoms with Crippen molar-refractivity contribution < 1.29 is 9.13 Å². The Morgan fingerprint density at radius 1 is 1.23 bits per heavy atom. The number of pyridine rings is 1. The number of hydrogen-bond donors (Lipinski definition) is 0. The van der Waals surface area contributed by atoms with Crippen molar-refractivity contribution in [3.05, 3.63) is 81.7 Å². The highest BCUT2D eigenvalue weighted by molar-refractivity contribution is 5.39. The van der Waals surface area contributed by atoms with E-state index in [1.165, 1.54) is 12.1 Å². The predicted molar refractivity (Wildman–Crippen MR) is 96.6 cm³/mol. The van der Waals surface area contributed by atoms with E-state index in [4.69, 9.17) is 4.74 Å². The number of fused-ring (bicyclic) bond motifs is 1. The van der Waals surface area contributed by atoms with Crippen molar-refractivity contribution in [2.75, 3.05) is 19.7 Å². The van der Waals surface area contributed by atoms with Crippen molar-refractivity contribution in [2.24, 2.45) is 0 Å². The van der Waals surface area contributed by atoms with E-state index in [1.807, 2.05) is 19.1 Å². The van der Waals surface area contributed by atoms with Gasteiger partial charge < -0.3 is 4.74 Å². The normalized spacial score (nSPS) is 18.3. The summed E-state index contributed by atoms with van der Waals surface area (Å²) in [6.07, 6.45) is 1.70. The van der Waals surface area contributed by atoms with Crippen molar-refractivity contribution in [2.45, 2.75) is 19.6 Å². The summed E-state index contributed by atoms with van der Waals surface area (Å²) in [4.78, 5) is 19.2. The van der Waals surface area contributed by atoms with Crippen molar-refractivity contribution in [1.82, 2.24) is 14.3 Å². The molecule has 0 bridgehead atoms. The van der Waals surface area contributed by atoms with E-state index >= 15 is 0 Å². The van der Waals surface area contributed by atoms with Crippen molar-refractivity contribution in [3.8, 4) is 0 Å². The molecule has 1 unspecified atom stereocenters. The van der Waals surface area contributed by atoms with Gasteiger partial charge in [-0.2, -0.15) is 0 Å². The second-order valence-corrected chi connectivity index (χ2v) is 6.67. The Morgan fingerprint density at radius 3 is 2.85 bits per heavy atom. The lowest BCUT2D eigenvalue weighted by molar-refractivity contribution is -0.0333. The number of halogens is 1. The van der Waals surface area contributed by atoms with E-state index in [9.17, 15) is 9.18 Å². The van der Waals surface area contributed by atoms with Crippen LogP contribution in [0.4, 0.5) is 4.39 Å². The van der Waals surface area contributed by atoms with Crippen LogP contribution in [0.1, 0.15) is 22.9 Å². The molecule has 1 saturated heterocycles.